The number of furan rings is 1. The Hall–Kier alpha value is -3.89. The molecule has 1 aromatic carbocycles. The number of aryl methyl sites for hydroxylation is 1. The van der Waals surface area contributed by atoms with E-state index in [9.17, 15) is 14.0 Å². The molecule has 4 N–H and O–H groups in total. The number of alkyl carbamates (subject to hydrolysis) is 1. The second kappa shape index (κ2) is 11.0. The number of carbonyl (C=O) groups excluding carboxylic acids is 2. The molecular formula is C24H31FN6O4. The number of aromatic nitrogens is 2. The molecule has 11 heteroatoms. The van der Waals surface area contributed by atoms with Gasteiger partial charge in [0.05, 0.1) is 24.1 Å². The molecule has 0 saturated heterocycles. The summed E-state index contributed by atoms with van der Waals surface area (Å²) in [6.45, 7) is 9.85. The predicted octanol–water partition coefficient (Wildman–Crippen LogP) is 4.88. The summed E-state index contributed by atoms with van der Waals surface area (Å²) in [5, 5.41) is 11.8. The summed E-state index contributed by atoms with van der Waals surface area (Å²) in [4.78, 5) is 32.5. The minimum Gasteiger partial charge on any atom is -0.459 e. The average Bonchev–Trinajstić information content (AvgIpc) is 3.10. The van der Waals surface area contributed by atoms with E-state index in [-0.39, 0.29) is 5.82 Å². The molecule has 0 saturated carbocycles. The van der Waals surface area contributed by atoms with E-state index in [0.717, 1.165) is 5.56 Å². The Bertz CT molecular complexity index is 1170. The Balaban J connectivity index is 1.50. The Morgan fingerprint density at radius 2 is 1.89 bits per heavy atom. The van der Waals surface area contributed by atoms with Crippen molar-refractivity contribution in [3.63, 3.8) is 0 Å². The minimum atomic E-state index is -0.558. The summed E-state index contributed by atoms with van der Waals surface area (Å²) in [5.41, 5.74) is 1.19. The zero-order chi connectivity index (χ0) is 25.6. The van der Waals surface area contributed by atoms with Gasteiger partial charge in [-0.1, -0.05) is 6.92 Å². The molecule has 0 aliphatic carbocycles. The topological polar surface area (TPSA) is 130 Å². The highest BCUT2D eigenvalue weighted by Gasteiger charge is 2.21. The summed E-state index contributed by atoms with van der Waals surface area (Å²) < 4.78 is 24.6. The highest BCUT2D eigenvalue weighted by atomic mass is 19.1. The Labute approximate surface area is 203 Å². The summed E-state index contributed by atoms with van der Waals surface area (Å²) in [6, 6.07) is 3.49. The van der Waals surface area contributed by atoms with Crippen molar-refractivity contribution in [2.24, 2.45) is 0 Å². The van der Waals surface area contributed by atoms with Gasteiger partial charge in [-0.15, -0.1) is 0 Å². The number of nitrogens with one attached hydrogen (secondary N) is 4. The van der Waals surface area contributed by atoms with Gasteiger partial charge in [-0.05, 0) is 52.3 Å². The number of carbonyl (C=O) groups is 2. The molecule has 3 aromatic rings. The van der Waals surface area contributed by atoms with Gasteiger partial charge >= 0.3 is 12.1 Å². The van der Waals surface area contributed by atoms with Crippen molar-refractivity contribution >= 4 is 34.7 Å². The maximum atomic E-state index is 13.6. The van der Waals surface area contributed by atoms with E-state index < -0.39 is 23.8 Å². The number of anilines is 2. The number of benzene rings is 1. The van der Waals surface area contributed by atoms with Gasteiger partial charge in [-0.3, -0.25) is 0 Å². The molecule has 1 atom stereocenters. The molecule has 35 heavy (non-hydrogen) atoms. The lowest BCUT2D eigenvalue weighted by Gasteiger charge is -2.19. The maximum Gasteiger partial charge on any atom is 0.407 e. The van der Waals surface area contributed by atoms with Gasteiger partial charge < -0.3 is 30.4 Å². The smallest absolute Gasteiger partial charge is 0.407 e. The second-order valence-corrected chi connectivity index (χ2v) is 8.94. The molecule has 0 bridgehead atoms. The van der Waals surface area contributed by atoms with Gasteiger partial charge in [0.1, 0.15) is 22.8 Å². The lowest BCUT2D eigenvalue weighted by molar-refractivity contribution is 0.0530. The third-order valence-electron chi connectivity index (χ3n) is 4.95. The van der Waals surface area contributed by atoms with Gasteiger partial charge in [0.15, 0.2) is 0 Å². The Kier molecular flexibility index (Phi) is 8.10. The molecule has 2 aromatic heterocycles. The summed E-state index contributed by atoms with van der Waals surface area (Å²) in [5.74, 6) is 0.585. The van der Waals surface area contributed by atoms with Crippen LogP contribution in [0.25, 0.3) is 11.0 Å². The van der Waals surface area contributed by atoms with Crippen LogP contribution in [0, 0.1) is 12.7 Å². The van der Waals surface area contributed by atoms with Crippen molar-refractivity contribution < 1.29 is 23.1 Å². The zero-order valence-electron chi connectivity index (χ0n) is 20.5. The van der Waals surface area contributed by atoms with Crippen LogP contribution in [0.3, 0.4) is 0 Å². The van der Waals surface area contributed by atoms with Crippen LogP contribution in [-0.2, 0) is 4.74 Å². The Morgan fingerprint density at radius 3 is 2.54 bits per heavy atom. The van der Waals surface area contributed by atoms with Crippen molar-refractivity contribution in [2.45, 2.75) is 52.7 Å². The highest BCUT2D eigenvalue weighted by Crippen LogP contribution is 2.31. The molecule has 2 heterocycles. The predicted molar refractivity (Wildman–Crippen MR) is 131 cm³/mol. The first-order chi connectivity index (χ1) is 16.6. The lowest BCUT2D eigenvalue weighted by Crippen LogP contribution is -2.35. The van der Waals surface area contributed by atoms with Crippen LogP contribution < -0.4 is 21.3 Å². The van der Waals surface area contributed by atoms with Crippen LogP contribution in [-0.4, -0.2) is 40.8 Å². The number of rotatable bonds is 8. The third kappa shape index (κ3) is 7.29. The van der Waals surface area contributed by atoms with Crippen molar-refractivity contribution in [3.8, 4) is 0 Å². The molecule has 0 unspecified atom stereocenters. The summed E-state index contributed by atoms with van der Waals surface area (Å²) in [6.07, 6.45) is 3.01. The molecule has 188 valence electrons. The quantitative estimate of drug-likeness (QED) is 0.334. The van der Waals surface area contributed by atoms with E-state index in [1.165, 1.54) is 24.5 Å². The van der Waals surface area contributed by atoms with Gasteiger partial charge in [-0.25, -0.2) is 23.9 Å². The molecule has 0 fully saturated rings. The van der Waals surface area contributed by atoms with Crippen molar-refractivity contribution in [1.29, 1.82) is 0 Å². The minimum absolute atomic E-state index is 0.326. The van der Waals surface area contributed by atoms with Crippen LogP contribution >= 0.6 is 0 Å². The molecule has 0 spiro atoms. The second-order valence-electron chi connectivity index (χ2n) is 8.94. The molecule has 10 nitrogen and oxygen atoms in total. The van der Waals surface area contributed by atoms with Crippen LogP contribution in [0.4, 0.5) is 25.6 Å². The molecule has 0 radical (unpaired) electrons. The average molecular weight is 487 g/mol. The zero-order valence-corrected chi connectivity index (χ0v) is 20.5. The fourth-order valence-corrected chi connectivity index (χ4v) is 3.36. The summed E-state index contributed by atoms with van der Waals surface area (Å²) >= 11 is 0. The summed E-state index contributed by atoms with van der Waals surface area (Å²) in [7, 11) is 0. The van der Waals surface area contributed by atoms with E-state index in [4.69, 9.17) is 9.15 Å². The van der Waals surface area contributed by atoms with Gasteiger partial charge in [0.2, 0.25) is 5.95 Å². The molecule has 3 amide bonds. The number of nitrogens with zero attached hydrogens (tertiary/aromatic N) is 2. The van der Waals surface area contributed by atoms with Gasteiger partial charge in [0, 0.05) is 24.0 Å². The standard InChI is InChI=1S/C24H31FN6O4/c1-6-18(20-14(2)17-11-15(25)7-8-19(17)34-20)31-22(32)30-16-12-28-21(29-13-16)26-9-10-27-23(33)35-24(3,4)5/h7-8,11-13,18H,6,9-10H2,1-5H3,(H,27,33)(H,26,28,29)(H2,30,31,32)/t18-/m0/s1. The van der Waals surface area contributed by atoms with Crippen LogP contribution in [0.5, 0.6) is 0 Å². The van der Waals surface area contributed by atoms with Crippen molar-refractivity contribution in [2.75, 3.05) is 23.7 Å². The fraction of sp³-hybridized carbons (Fsp3) is 0.417. The number of amides is 3. The van der Waals surface area contributed by atoms with E-state index in [0.29, 0.717) is 47.9 Å². The highest BCUT2D eigenvalue weighted by molar-refractivity contribution is 5.89. The molecular weight excluding hydrogens is 455 g/mol. The van der Waals surface area contributed by atoms with E-state index in [1.807, 2.05) is 13.8 Å². The number of fused-ring (bicyclic) bond motifs is 1. The fourth-order valence-electron chi connectivity index (χ4n) is 3.36. The third-order valence-corrected chi connectivity index (χ3v) is 4.95. The largest absolute Gasteiger partial charge is 0.459 e. The first-order valence-electron chi connectivity index (χ1n) is 11.3. The van der Waals surface area contributed by atoms with Crippen molar-refractivity contribution in [1.82, 2.24) is 20.6 Å². The molecule has 0 aliphatic rings. The van der Waals surface area contributed by atoms with Crippen molar-refractivity contribution in [3.05, 3.63) is 47.7 Å². The molecule has 3 rings (SSSR count). The van der Waals surface area contributed by atoms with Gasteiger partial charge in [-0.2, -0.15) is 0 Å². The number of ether oxygens (including phenoxy) is 1. The van der Waals surface area contributed by atoms with E-state index >= 15 is 0 Å². The first kappa shape index (κ1) is 25.7. The van der Waals surface area contributed by atoms with Crippen LogP contribution in [0.2, 0.25) is 0 Å². The van der Waals surface area contributed by atoms with Crippen LogP contribution in [0.1, 0.15) is 51.5 Å². The van der Waals surface area contributed by atoms with E-state index in [1.54, 1.807) is 26.8 Å². The molecule has 0 aliphatic heterocycles. The lowest BCUT2D eigenvalue weighted by atomic mass is 10.1. The SMILES string of the molecule is CC[C@H](NC(=O)Nc1cnc(NCCNC(=O)OC(C)(C)C)nc1)c1oc2ccc(F)cc2c1C. The van der Waals surface area contributed by atoms with Gasteiger partial charge in [0.25, 0.3) is 0 Å². The number of urea groups is 1. The maximum absolute atomic E-state index is 13.6. The van der Waals surface area contributed by atoms with E-state index in [2.05, 4.69) is 31.2 Å². The monoisotopic (exact) mass is 486 g/mol. The number of hydrogen-bond donors (Lipinski definition) is 4. The Morgan fingerprint density at radius 1 is 1.17 bits per heavy atom. The van der Waals surface area contributed by atoms with Crippen LogP contribution in [0.15, 0.2) is 35.0 Å². The number of hydrogen-bond acceptors (Lipinski definition) is 7. The first-order valence-corrected chi connectivity index (χ1v) is 11.3. The number of halogens is 1. The normalized spacial score (nSPS) is 12.2.